The van der Waals surface area contributed by atoms with E-state index in [4.69, 9.17) is 9.47 Å². The smallest absolute Gasteiger partial charge is 0.161 e. The largest absolute Gasteiger partial charge is 0.486 e. The molecule has 21 heavy (non-hydrogen) atoms. The Bertz CT molecular complexity index is 498. The van der Waals surface area contributed by atoms with Crippen molar-refractivity contribution in [3.05, 3.63) is 23.8 Å². The number of hydrogen-bond acceptors (Lipinski definition) is 3. The van der Waals surface area contributed by atoms with E-state index in [1.807, 2.05) is 0 Å². The Morgan fingerprint density at radius 2 is 2.00 bits per heavy atom. The van der Waals surface area contributed by atoms with Gasteiger partial charge in [-0.15, -0.1) is 0 Å². The number of rotatable bonds is 4. The van der Waals surface area contributed by atoms with Gasteiger partial charge in [-0.2, -0.15) is 0 Å². The van der Waals surface area contributed by atoms with Crippen molar-refractivity contribution in [1.29, 1.82) is 0 Å². The molecule has 1 aromatic carbocycles. The summed E-state index contributed by atoms with van der Waals surface area (Å²) in [6, 6.07) is 6.85. The van der Waals surface area contributed by atoms with E-state index < -0.39 is 0 Å². The average Bonchev–Trinajstić information content (AvgIpc) is 2.83. The van der Waals surface area contributed by atoms with Crippen molar-refractivity contribution in [2.24, 2.45) is 11.3 Å². The number of hydrogen-bond donors (Lipinski definition) is 1. The van der Waals surface area contributed by atoms with Crippen molar-refractivity contribution in [2.75, 3.05) is 19.8 Å². The quantitative estimate of drug-likeness (QED) is 0.911. The third-order valence-corrected chi connectivity index (χ3v) is 5.09. The number of ether oxygens (including phenoxy) is 2. The Hall–Kier alpha value is -1.22. The van der Waals surface area contributed by atoms with E-state index in [9.17, 15) is 0 Å². The first kappa shape index (κ1) is 14.7. The highest BCUT2D eigenvalue weighted by molar-refractivity contribution is 5.45. The van der Waals surface area contributed by atoms with Crippen LogP contribution in [0.5, 0.6) is 11.5 Å². The molecule has 1 aliphatic carbocycles. The molecule has 1 N–H and O–H groups in total. The maximum atomic E-state index is 5.75. The lowest BCUT2D eigenvalue weighted by Gasteiger charge is -2.35. The zero-order valence-corrected chi connectivity index (χ0v) is 13.4. The Balaban J connectivity index is 1.90. The van der Waals surface area contributed by atoms with Gasteiger partial charge in [0.25, 0.3) is 0 Å². The Morgan fingerprint density at radius 3 is 2.67 bits per heavy atom. The first-order chi connectivity index (χ1) is 10.1. The zero-order chi connectivity index (χ0) is 14.9. The van der Waals surface area contributed by atoms with Gasteiger partial charge in [-0.1, -0.05) is 33.3 Å². The highest BCUT2D eigenvalue weighted by Crippen LogP contribution is 2.49. The van der Waals surface area contributed by atoms with Gasteiger partial charge in [-0.05, 0) is 48.4 Å². The highest BCUT2D eigenvalue weighted by Gasteiger charge is 2.40. The van der Waals surface area contributed by atoms with Crippen LogP contribution in [-0.4, -0.2) is 19.8 Å². The van der Waals surface area contributed by atoms with Gasteiger partial charge < -0.3 is 14.8 Å². The van der Waals surface area contributed by atoms with Crippen molar-refractivity contribution in [3.8, 4) is 11.5 Å². The second kappa shape index (κ2) is 5.88. The second-order valence-corrected chi connectivity index (χ2v) is 6.93. The van der Waals surface area contributed by atoms with Gasteiger partial charge in [0.2, 0.25) is 0 Å². The minimum atomic E-state index is 0.403. The first-order valence-electron chi connectivity index (χ1n) is 8.25. The summed E-state index contributed by atoms with van der Waals surface area (Å²) in [7, 11) is 0. The summed E-state index contributed by atoms with van der Waals surface area (Å²) >= 11 is 0. The molecule has 1 heterocycles. The molecule has 1 aliphatic heterocycles. The third-order valence-electron chi connectivity index (χ3n) is 5.09. The summed E-state index contributed by atoms with van der Waals surface area (Å²) in [6.07, 6.45) is 3.97. The van der Waals surface area contributed by atoms with Crippen molar-refractivity contribution >= 4 is 0 Å². The van der Waals surface area contributed by atoms with E-state index in [1.165, 1.54) is 24.8 Å². The van der Waals surface area contributed by atoms with E-state index in [0.717, 1.165) is 18.0 Å². The van der Waals surface area contributed by atoms with E-state index in [0.29, 0.717) is 30.6 Å². The molecule has 1 fully saturated rings. The van der Waals surface area contributed by atoms with Gasteiger partial charge in [0, 0.05) is 6.04 Å². The molecule has 116 valence electrons. The lowest BCUT2D eigenvalue weighted by molar-refractivity contribution is 0.169. The summed E-state index contributed by atoms with van der Waals surface area (Å²) in [6.45, 7) is 9.30. The first-order valence-corrected chi connectivity index (χ1v) is 8.25. The van der Waals surface area contributed by atoms with Crippen LogP contribution in [0.15, 0.2) is 18.2 Å². The van der Waals surface area contributed by atoms with Crippen LogP contribution in [0.3, 0.4) is 0 Å². The van der Waals surface area contributed by atoms with Crippen LogP contribution in [0.2, 0.25) is 0 Å². The molecular weight excluding hydrogens is 262 g/mol. The monoisotopic (exact) mass is 289 g/mol. The van der Waals surface area contributed by atoms with Crippen LogP contribution in [0.1, 0.15) is 51.6 Å². The molecule has 3 rings (SSSR count). The van der Waals surface area contributed by atoms with Crippen LogP contribution in [-0.2, 0) is 0 Å². The topological polar surface area (TPSA) is 30.5 Å². The fraction of sp³-hybridized carbons (Fsp3) is 0.667. The molecular formula is C18H27NO2. The Kier molecular flexibility index (Phi) is 4.12. The minimum absolute atomic E-state index is 0.403. The molecule has 2 aliphatic rings. The molecule has 1 aromatic rings. The molecule has 0 saturated heterocycles. The summed E-state index contributed by atoms with van der Waals surface area (Å²) < 4.78 is 11.4. The van der Waals surface area contributed by atoms with Crippen molar-refractivity contribution in [1.82, 2.24) is 5.32 Å². The van der Waals surface area contributed by atoms with Crippen molar-refractivity contribution in [3.63, 3.8) is 0 Å². The van der Waals surface area contributed by atoms with E-state index in [-0.39, 0.29) is 0 Å². The van der Waals surface area contributed by atoms with Gasteiger partial charge in [0.05, 0.1) is 0 Å². The lowest BCUT2D eigenvalue weighted by Crippen LogP contribution is -2.34. The number of nitrogens with one attached hydrogen (secondary N) is 1. The van der Waals surface area contributed by atoms with Crippen LogP contribution in [0, 0.1) is 11.3 Å². The Morgan fingerprint density at radius 1 is 1.24 bits per heavy atom. The van der Waals surface area contributed by atoms with Gasteiger partial charge in [0.1, 0.15) is 13.2 Å². The van der Waals surface area contributed by atoms with Crippen molar-refractivity contribution in [2.45, 2.75) is 46.1 Å². The molecule has 3 nitrogen and oxygen atoms in total. The average molecular weight is 289 g/mol. The van der Waals surface area contributed by atoms with Crippen LogP contribution < -0.4 is 14.8 Å². The van der Waals surface area contributed by atoms with Gasteiger partial charge in [0.15, 0.2) is 11.5 Å². The molecule has 3 heteroatoms. The predicted molar refractivity (Wildman–Crippen MR) is 85.0 cm³/mol. The minimum Gasteiger partial charge on any atom is -0.486 e. The standard InChI is InChI=1S/C18H27NO2/c1-4-19-17(14-6-5-9-18(14,2)3)13-7-8-15-16(12-13)21-11-10-20-15/h7-8,12,14,17,19H,4-6,9-11H2,1-3H3. The van der Waals surface area contributed by atoms with E-state index in [1.54, 1.807) is 0 Å². The maximum absolute atomic E-state index is 5.75. The Labute approximate surface area is 128 Å². The fourth-order valence-corrected chi connectivity index (χ4v) is 3.94. The van der Waals surface area contributed by atoms with E-state index >= 15 is 0 Å². The normalized spacial score (nSPS) is 24.8. The van der Waals surface area contributed by atoms with Gasteiger partial charge in [-0.25, -0.2) is 0 Å². The summed E-state index contributed by atoms with van der Waals surface area (Å²) in [5, 5.41) is 3.71. The second-order valence-electron chi connectivity index (χ2n) is 6.93. The zero-order valence-electron chi connectivity index (χ0n) is 13.4. The SMILES string of the molecule is CCNC(c1ccc2c(c1)OCCO2)C1CCCC1(C)C. The number of fused-ring (bicyclic) bond motifs is 1. The van der Waals surface area contributed by atoms with E-state index in [2.05, 4.69) is 44.3 Å². The van der Waals surface area contributed by atoms with Crippen LogP contribution in [0.25, 0.3) is 0 Å². The molecule has 0 radical (unpaired) electrons. The molecule has 1 saturated carbocycles. The highest BCUT2D eigenvalue weighted by atomic mass is 16.6. The molecule has 0 amide bonds. The van der Waals surface area contributed by atoms with Gasteiger partial charge >= 0.3 is 0 Å². The summed E-state index contributed by atoms with van der Waals surface area (Å²) in [4.78, 5) is 0. The van der Waals surface area contributed by atoms with Crippen LogP contribution >= 0.6 is 0 Å². The third kappa shape index (κ3) is 2.89. The van der Waals surface area contributed by atoms with Crippen molar-refractivity contribution < 1.29 is 9.47 Å². The number of benzene rings is 1. The molecule has 2 unspecified atom stereocenters. The lowest BCUT2D eigenvalue weighted by atomic mass is 9.75. The van der Waals surface area contributed by atoms with Gasteiger partial charge in [-0.3, -0.25) is 0 Å². The molecule has 0 aromatic heterocycles. The molecule has 0 bridgehead atoms. The predicted octanol–water partition coefficient (Wildman–Crippen LogP) is 3.93. The molecule has 0 spiro atoms. The molecule has 2 atom stereocenters. The summed E-state index contributed by atoms with van der Waals surface area (Å²) in [5.74, 6) is 2.46. The van der Waals surface area contributed by atoms with Crippen LogP contribution in [0.4, 0.5) is 0 Å². The maximum Gasteiger partial charge on any atom is 0.161 e. The summed E-state index contributed by atoms with van der Waals surface area (Å²) in [5.41, 5.74) is 1.74. The fourth-order valence-electron chi connectivity index (χ4n) is 3.94.